The van der Waals surface area contributed by atoms with Gasteiger partial charge in [0.15, 0.2) is 5.78 Å². The molecule has 3 heteroatoms. The highest BCUT2D eigenvalue weighted by atomic mass is 16.5. The quantitative estimate of drug-likeness (QED) is 0.536. The molecule has 1 aliphatic rings. The Morgan fingerprint density at radius 1 is 1.69 bits per heavy atom. The first-order chi connectivity index (χ1) is 6.13. The third kappa shape index (κ3) is 2.61. The van der Waals surface area contributed by atoms with E-state index in [1.54, 1.807) is 0 Å². The number of hydrogen-bond donors (Lipinski definition) is 1. The molecule has 0 fully saturated rings. The van der Waals surface area contributed by atoms with Gasteiger partial charge in [0, 0.05) is 18.1 Å². The van der Waals surface area contributed by atoms with Gasteiger partial charge >= 0.3 is 0 Å². The second-order valence-electron chi connectivity index (χ2n) is 3.51. The first-order valence-electron chi connectivity index (χ1n) is 4.34. The Hall–Kier alpha value is -1.25. The summed E-state index contributed by atoms with van der Waals surface area (Å²) in [5.74, 6) is 0.943. The summed E-state index contributed by atoms with van der Waals surface area (Å²) in [7, 11) is 0. The lowest BCUT2D eigenvalue weighted by Crippen LogP contribution is -2.00. The average Bonchev–Trinajstić information content (AvgIpc) is 2.43. The van der Waals surface area contributed by atoms with E-state index in [4.69, 9.17) is 9.84 Å². The second-order valence-corrected chi connectivity index (χ2v) is 3.51. The molecule has 0 aromatic rings. The van der Waals surface area contributed by atoms with Gasteiger partial charge in [-0.2, -0.15) is 0 Å². The van der Waals surface area contributed by atoms with Crippen LogP contribution in [0.5, 0.6) is 0 Å². The normalized spacial score (nSPS) is 19.8. The second kappa shape index (κ2) is 4.12. The van der Waals surface area contributed by atoms with Gasteiger partial charge in [-0.15, -0.1) is 0 Å². The molecule has 0 heterocycles. The zero-order chi connectivity index (χ0) is 9.84. The van der Waals surface area contributed by atoms with Gasteiger partial charge in [-0.25, -0.2) is 0 Å². The van der Waals surface area contributed by atoms with E-state index in [0.29, 0.717) is 30.3 Å². The van der Waals surface area contributed by atoms with E-state index >= 15 is 0 Å². The molecule has 0 aliphatic heterocycles. The fourth-order valence-corrected chi connectivity index (χ4v) is 1.04. The molecule has 1 rings (SSSR count). The van der Waals surface area contributed by atoms with E-state index < -0.39 is 0 Å². The van der Waals surface area contributed by atoms with Crippen molar-refractivity contribution in [2.24, 2.45) is 5.92 Å². The maximum absolute atomic E-state index is 11.1. The SMILES string of the molecule is CC(C)COC1=CC(=O)/C(=C/O)C1. The van der Waals surface area contributed by atoms with Gasteiger partial charge in [0.2, 0.25) is 0 Å². The van der Waals surface area contributed by atoms with Crippen molar-refractivity contribution in [1.82, 2.24) is 0 Å². The number of ketones is 1. The minimum atomic E-state index is -0.152. The van der Waals surface area contributed by atoms with Gasteiger partial charge in [0.05, 0.1) is 12.9 Å². The van der Waals surface area contributed by atoms with Crippen LogP contribution >= 0.6 is 0 Å². The van der Waals surface area contributed by atoms with Gasteiger partial charge in [0.25, 0.3) is 0 Å². The standard InChI is InChI=1S/C10H14O3/c1-7(2)6-13-9-3-8(5-11)10(12)4-9/h4-5,7,11H,3,6H2,1-2H3/b8-5+. The molecule has 1 aliphatic carbocycles. The summed E-state index contributed by atoms with van der Waals surface area (Å²) in [5, 5.41) is 8.66. The fourth-order valence-electron chi connectivity index (χ4n) is 1.04. The number of carbonyl (C=O) groups excluding carboxylic acids is 1. The molecule has 0 aromatic carbocycles. The highest BCUT2D eigenvalue weighted by Gasteiger charge is 2.19. The topological polar surface area (TPSA) is 46.5 Å². The number of aliphatic hydroxyl groups is 1. The maximum Gasteiger partial charge on any atom is 0.188 e. The summed E-state index contributed by atoms with van der Waals surface area (Å²) in [4.78, 5) is 11.1. The van der Waals surface area contributed by atoms with Crippen LogP contribution in [0.4, 0.5) is 0 Å². The van der Waals surface area contributed by atoms with Crippen LogP contribution in [-0.2, 0) is 9.53 Å². The first-order valence-corrected chi connectivity index (χ1v) is 4.34. The number of ether oxygens (including phenoxy) is 1. The van der Waals surface area contributed by atoms with Gasteiger partial charge in [-0.1, -0.05) is 13.8 Å². The van der Waals surface area contributed by atoms with Crippen molar-refractivity contribution >= 4 is 5.78 Å². The Labute approximate surface area is 77.7 Å². The van der Waals surface area contributed by atoms with Crippen molar-refractivity contribution < 1.29 is 14.6 Å². The summed E-state index contributed by atoms with van der Waals surface area (Å²) >= 11 is 0. The van der Waals surface area contributed by atoms with Gasteiger partial charge in [0.1, 0.15) is 5.76 Å². The molecule has 0 spiro atoms. The van der Waals surface area contributed by atoms with Crippen molar-refractivity contribution in [3.63, 3.8) is 0 Å². The highest BCUT2D eigenvalue weighted by molar-refractivity contribution is 6.06. The summed E-state index contributed by atoms with van der Waals surface area (Å²) in [6.07, 6.45) is 2.71. The average molecular weight is 182 g/mol. The molecule has 1 N–H and O–H groups in total. The van der Waals surface area contributed by atoms with Crippen molar-refractivity contribution in [3.05, 3.63) is 23.7 Å². The zero-order valence-corrected chi connectivity index (χ0v) is 7.91. The molecule has 0 unspecified atom stereocenters. The van der Waals surface area contributed by atoms with Crippen LogP contribution in [0.2, 0.25) is 0 Å². The number of carbonyl (C=O) groups is 1. The molecular formula is C10H14O3. The van der Waals surface area contributed by atoms with Gasteiger partial charge < -0.3 is 9.84 Å². The van der Waals surface area contributed by atoms with Gasteiger partial charge in [-0.3, -0.25) is 4.79 Å². The Bertz CT molecular complexity index is 261. The summed E-state index contributed by atoms with van der Waals surface area (Å²) in [6, 6.07) is 0. The molecule has 0 bridgehead atoms. The number of aliphatic hydroxyl groups excluding tert-OH is 1. The Morgan fingerprint density at radius 2 is 2.38 bits per heavy atom. The number of allylic oxidation sites excluding steroid dienone is 2. The molecule has 0 radical (unpaired) electrons. The lowest BCUT2D eigenvalue weighted by atomic mass is 10.2. The van der Waals surface area contributed by atoms with Crippen molar-refractivity contribution in [2.75, 3.05) is 6.61 Å². The van der Waals surface area contributed by atoms with E-state index in [-0.39, 0.29) is 5.78 Å². The van der Waals surface area contributed by atoms with Crippen LogP contribution in [0.15, 0.2) is 23.7 Å². The molecule has 13 heavy (non-hydrogen) atoms. The van der Waals surface area contributed by atoms with E-state index in [0.717, 1.165) is 6.26 Å². The smallest absolute Gasteiger partial charge is 0.188 e. The minimum absolute atomic E-state index is 0.152. The minimum Gasteiger partial charge on any atom is -0.515 e. The molecule has 0 amide bonds. The molecule has 0 atom stereocenters. The predicted octanol–water partition coefficient (Wildman–Crippen LogP) is 1.96. The Morgan fingerprint density at radius 3 is 2.85 bits per heavy atom. The maximum atomic E-state index is 11.1. The van der Waals surface area contributed by atoms with E-state index in [9.17, 15) is 4.79 Å². The summed E-state index contributed by atoms with van der Waals surface area (Å²) in [6.45, 7) is 4.69. The van der Waals surface area contributed by atoms with Crippen LogP contribution in [0.25, 0.3) is 0 Å². The van der Waals surface area contributed by atoms with Crippen LogP contribution in [0.3, 0.4) is 0 Å². The lowest BCUT2D eigenvalue weighted by Gasteiger charge is -2.08. The van der Waals surface area contributed by atoms with E-state index in [1.165, 1.54) is 6.08 Å². The van der Waals surface area contributed by atoms with Crippen LogP contribution in [0.1, 0.15) is 20.3 Å². The molecule has 3 nitrogen and oxygen atoms in total. The zero-order valence-electron chi connectivity index (χ0n) is 7.91. The molecule has 0 saturated carbocycles. The van der Waals surface area contributed by atoms with E-state index in [2.05, 4.69) is 0 Å². The van der Waals surface area contributed by atoms with Crippen LogP contribution < -0.4 is 0 Å². The molecule has 0 saturated heterocycles. The monoisotopic (exact) mass is 182 g/mol. The molecular weight excluding hydrogens is 168 g/mol. The molecule has 72 valence electrons. The number of hydrogen-bond acceptors (Lipinski definition) is 3. The molecule has 0 aromatic heterocycles. The third-order valence-corrected chi connectivity index (χ3v) is 1.73. The Kier molecular flexibility index (Phi) is 3.12. The van der Waals surface area contributed by atoms with Gasteiger partial charge in [-0.05, 0) is 5.92 Å². The fraction of sp³-hybridized carbons (Fsp3) is 0.500. The summed E-state index contributed by atoms with van der Waals surface area (Å²) < 4.78 is 5.36. The van der Waals surface area contributed by atoms with Crippen LogP contribution in [0, 0.1) is 5.92 Å². The third-order valence-electron chi connectivity index (χ3n) is 1.73. The largest absolute Gasteiger partial charge is 0.515 e. The van der Waals surface area contributed by atoms with Crippen molar-refractivity contribution in [3.8, 4) is 0 Å². The van der Waals surface area contributed by atoms with Crippen molar-refractivity contribution in [2.45, 2.75) is 20.3 Å². The van der Waals surface area contributed by atoms with E-state index in [1.807, 2.05) is 13.8 Å². The summed E-state index contributed by atoms with van der Waals surface area (Å²) in [5.41, 5.74) is 0.402. The number of rotatable bonds is 3. The Balaban J connectivity index is 2.47. The lowest BCUT2D eigenvalue weighted by molar-refractivity contribution is -0.111. The first kappa shape index (κ1) is 9.84. The highest BCUT2D eigenvalue weighted by Crippen LogP contribution is 2.21. The van der Waals surface area contributed by atoms with Crippen LogP contribution in [-0.4, -0.2) is 17.5 Å². The van der Waals surface area contributed by atoms with Crippen molar-refractivity contribution in [1.29, 1.82) is 0 Å². The predicted molar refractivity (Wildman–Crippen MR) is 49.2 cm³/mol.